The van der Waals surface area contributed by atoms with Gasteiger partial charge in [-0.25, -0.2) is 0 Å². The van der Waals surface area contributed by atoms with Crippen molar-refractivity contribution in [1.29, 1.82) is 0 Å². The minimum Gasteiger partial charge on any atom is -0.352 e. The summed E-state index contributed by atoms with van der Waals surface area (Å²) in [5.74, 6) is 0.139. The van der Waals surface area contributed by atoms with Crippen LogP contribution in [-0.2, 0) is 11.2 Å². The second kappa shape index (κ2) is 5.32. The van der Waals surface area contributed by atoms with Gasteiger partial charge >= 0.3 is 0 Å². The Bertz CT molecular complexity index is 403. The predicted molar refractivity (Wildman–Crippen MR) is 68.9 cm³/mol. The summed E-state index contributed by atoms with van der Waals surface area (Å²) in [5.41, 5.74) is 2.31. The van der Waals surface area contributed by atoms with Gasteiger partial charge in [0.05, 0.1) is 6.42 Å². The number of rotatable bonds is 3. The molecule has 1 atom stereocenters. The maximum absolute atomic E-state index is 11.9. The van der Waals surface area contributed by atoms with Crippen molar-refractivity contribution in [2.24, 2.45) is 0 Å². The van der Waals surface area contributed by atoms with E-state index in [9.17, 15) is 4.79 Å². The van der Waals surface area contributed by atoms with Gasteiger partial charge in [0, 0.05) is 12.6 Å². The van der Waals surface area contributed by atoms with Crippen LogP contribution in [0.2, 0.25) is 0 Å². The number of likely N-dealkylation sites (tertiary alicyclic amines) is 1. The number of benzene rings is 1. The summed E-state index contributed by atoms with van der Waals surface area (Å²) in [5, 5.41) is 3.10. The average molecular weight is 232 g/mol. The largest absolute Gasteiger partial charge is 0.352 e. The summed E-state index contributed by atoms with van der Waals surface area (Å²) < 4.78 is 0. The van der Waals surface area contributed by atoms with Crippen LogP contribution in [0.1, 0.15) is 17.5 Å². The molecule has 3 nitrogen and oxygen atoms in total. The van der Waals surface area contributed by atoms with Crippen molar-refractivity contribution in [3.8, 4) is 0 Å². The van der Waals surface area contributed by atoms with Gasteiger partial charge in [0.15, 0.2) is 0 Å². The van der Waals surface area contributed by atoms with Crippen molar-refractivity contribution < 1.29 is 4.79 Å². The van der Waals surface area contributed by atoms with E-state index in [1.54, 1.807) is 0 Å². The number of amides is 1. The molecule has 1 saturated heterocycles. The zero-order valence-corrected chi connectivity index (χ0v) is 10.6. The normalized spacial score (nSPS) is 20.5. The molecule has 0 spiro atoms. The van der Waals surface area contributed by atoms with Gasteiger partial charge in [-0.1, -0.05) is 24.3 Å². The Labute approximate surface area is 103 Å². The smallest absolute Gasteiger partial charge is 0.224 e. The summed E-state index contributed by atoms with van der Waals surface area (Å²) in [4.78, 5) is 14.1. The number of hydrogen-bond acceptors (Lipinski definition) is 2. The number of carbonyl (C=O) groups is 1. The van der Waals surface area contributed by atoms with Crippen molar-refractivity contribution >= 4 is 5.91 Å². The lowest BCUT2D eigenvalue weighted by atomic mass is 10.1. The van der Waals surface area contributed by atoms with Gasteiger partial charge in [-0.3, -0.25) is 4.79 Å². The molecule has 0 unspecified atom stereocenters. The highest BCUT2D eigenvalue weighted by atomic mass is 16.1. The lowest BCUT2D eigenvalue weighted by molar-refractivity contribution is -0.121. The van der Waals surface area contributed by atoms with E-state index < -0.39 is 0 Å². The van der Waals surface area contributed by atoms with Crippen molar-refractivity contribution in [3.63, 3.8) is 0 Å². The number of nitrogens with zero attached hydrogens (tertiary/aromatic N) is 1. The number of carbonyl (C=O) groups excluding carboxylic acids is 1. The summed E-state index contributed by atoms with van der Waals surface area (Å²) in [6.07, 6.45) is 1.56. The van der Waals surface area contributed by atoms with Crippen LogP contribution in [0.25, 0.3) is 0 Å². The molecular formula is C14H20N2O. The Kier molecular flexibility index (Phi) is 3.79. The van der Waals surface area contributed by atoms with Crippen molar-refractivity contribution in [3.05, 3.63) is 35.4 Å². The summed E-state index contributed by atoms with van der Waals surface area (Å²) >= 11 is 0. The monoisotopic (exact) mass is 232 g/mol. The molecule has 1 aliphatic rings. The Morgan fingerprint density at radius 1 is 1.47 bits per heavy atom. The molecule has 1 N–H and O–H groups in total. The molecule has 0 radical (unpaired) electrons. The van der Waals surface area contributed by atoms with Gasteiger partial charge < -0.3 is 10.2 Å². The highest BCUT2D eigenvalue weighted by molar-refractivity contribution is 5.79. The van der Waals surface area contributed by atoms with E-state index in [2.05, 4.69) is 17.3 Å². The number of aryl methyl sites for hydroxylation is 1. The summed E-state index contributed by atoms with van der Waals surface area (Å²) in [6, 6.07) is 8.39. The maximum Gasteiger partial charge on any atom is 0.224 e. The molecule has 1 aromatic carbocycles. The van der Waals surface area contributed by atoms with Gasteiger partial charge in [0.25, 0.3) is 0 Å². The predicted octanol–water partition coefficient (Wildman–Crippen LogP) is 1.36. The fourth-order valence-corrected chi connectivity index (χ4v) is 2.31. The van der Waals surface area contributed by atoms with E-state index >= 15 is 0 Å². The fourth-order valence-electron chi connectivity index (χ4n) is 2.31. The molecule has 0 aliphatic carbocycles. The van der Waals surface area contributed by atoms with Crippen LogP contribution >= 0.6 is 0 Å². The third-order valence-corrected chi connectivity index (χ3v) is 3.37. The molecular weight excluding hydrogens is 212 g/mol. The molecule has 0 aromatic heterocycles. The van der Waals surface area contributed by atoms with Crippen molar-refractivity contribution in [1.82, 2.24) is 10.2 Å². The van der Waals surface area contributed by atoms with Crippen molar-refractivity contribution in [2.45, 2.75) is 25.8 Å². The molecule has 92 valence electrons. The first-order chi connectivity index (χ1) is 8.15. The topological polar surface area (TPSA) is 32.3 Å². The average Bonchev–Trinajstić information content (AvgIpc) is 2.67. The lowest BCUT2D eigenvalue weighted by Gasteiger charge is -2.13. The molecule has 3 heteroatoms. The van der Waals surface area contributed by atoms with E-state index in [1.807, 2.05) is 31.2 Å². The fraction of sp³-hybridized carbons (Fsp3) is 0.500. The number of likely N-dealkylation sites (N-methyl/N-ethyl adjacent to an activating group) is 1. The molecule has 0 saturated carbocycles. The van der Waals surface area contributed by atoms with Crippen LogP contribution in [0.4, 0.5) is 0 Å². The molecule has 1 heterocycles. The van der Waals surface area contributed by atoms with Gasteiger partial charge in [-0.15, -0.1) is 0 Å². The highest BCUT2D eigenvalue weighted by Gasteiger charge is 2.20. The molecule has 17 heavy (non-hydrogen) atoms. The summed E-state index contributed by atoms with van der Waals surface area (Å²) in [6.45, 7) is 4.10. The van der Waals surface area contributed by atoms with Gasteiger partial charge in [0.2, 0.25) is 5.91 Å². The third-order valence-electron chi connectivity index (χ3n) is 3.37. The molecule has 1 fully saturated rings. The van der Waals surface area contributed by atoms with Gasteiger partial charge in [-0.05, 0) is 38.1 Å². The number of hydrogen-bond donors (Lipinski definition) is 1. The molecule has 1 aliphatic heterocycles. The van der Waals surface area contributed by atoms with Crippen LogP contribution in [0.15, 0.2) is 24.3 Å². The summed E-state index contributed by atoms with van der Waals surface area (Å²) in [7, 11) is 2.09. The lowest BCUT2D eigenvalue weighted by Crippen LogP contribution is -2.37. The molecule has 1 aromatic rings. The van der Waals surface area contributed by atoms with Crippen molar-refractivity contribution in [2.75, 3.05) is 20.1 Å². The molecule has 2 rings (SSSR count). The van der Waals surface area contributed by atoms with Crippen LogP contribution in [-0.4, -0.2) is 37.0 Å². The SMILES string of the molecule is Cc1ccccc1CC(=O)N[C@H]1CCN(C)C1. The first-order valence-corrected chi connectivity index (χ1v) is 6.17. The zero-order valence-electron chi connectivity index (χ0n) is 10.6. The first kappa shape index (κ1) is 12.1. The van der Waals surface area contributed by atoms with E-state index in [1.165, 1.54) is 5.56 Å². The van der Waals surface area contributed by atoms with Crippen LogP contribution in [0, 0.1) is 6.92 Å². The first-order valence-electron chi connectivity index (χ1n) is 6.17. The second-order valence-electron chi connectivity index (χ2n) is 4.92. The Balaban J connectivity index is 1.87. The van der Waals surface area contributed by atoms with E-state index in [-0.39, 0.29) is 5.91 Å². The second-order valence-corrected chi connectivity index (χ2v) is 4.92. The zero-order chi connectivity index (χ0) is 12.3. The van der Waals surface area contributed by atoms with E-state index in [0.717, 1.165) is 25.1 Å². The highest BCUT2D eigenvalue weighted by Crippen LogP contribution is 2.09. The Hall–Kier alpha value is -1.35. The maximum atomic E-state index is 11.9. The van der Waals surface area contributed by atoms with E-state index in [0.29, 0.717) is 12.5 Å². The van der Waals surface area contributed by atoms with Gasteiger partial charge in [0.1, 0.15) is 0 Å². The molecule has 1 amide bonds. The van der Waals surface area contributed by atoms with Crippen LogP contribution in [0.5, 0.6) is 0 Å². The van der Waals surface area contributed by atoms with Crippen LogP contribution < -0.4 is 5.32 Å². The minimum atomic E-state index is 0.139. The standard InChI is InChI=1S/C14H20N2O/c1-11-5-3-4-6-12(11)9-14(17)15-13-7-8-16(2)10-13/h3-6,13H,7-10H2,1-2H3,(H,15,17)/t13-/m0/s1. The number of nitrogens with one attached hydrogen (secondary N) is 1. The third kappa shape index (κ3) is 3.30. The Morgan fingerprint density at radius 3 is 2.88 bits per heavy atom. The quantitative estimate of drug-likeness (QED) is 0.853. The molecule has 0 bridgehead atoms. The Morgan fingerprint density at radius 2 is 2.24 bits per heavy atom. The van der Waals surface area contributed by atoms with Crippen LogP contribution in [0.3, 0.4) is 0 Å². The minimum absolute atomic E-state index is 0.139. The van der Waals surface area contributed by atoms with Gasteiger partial charge in [-0.2, -0.15) is 0 Å². The van der Waals surface area contributed by atoms with E-state index in [4.69, 9.17) is 0 Å².